The van der Waals surface area contributed by atoms with Gasteiger partial charge in [0.15, 0.2) is 5.82 Å². The van der Waals surface area contributed by atoms with E-state index in [1.807, 2.05) is 6.07 Å². The normalized spacial score (nSPS) is 12.4. The van der Waals surface area contributed by atoms with Gasteiger partial charge in [0.25, 0.3) is 0 Å². The molecule has 0 aliphatic rings. The molecule has 5 heteroatoms. The van der Waals surface area contributed by atoms with Gasteiger partial charge >= 0.3 is 0 Å². The fourth-order valence-corrected chi connectivity index (χ4v) is 0.560. The number of rotatable bonds is 3. The minimum Gasteiger partial charge on any atom is -0.343 e. The highest BCUT2D eigenvalue weighted by molar-refractivity contribution is 4.87. The molecular formula is C6H8N4O. The second-order valence-electron chi connectivity index (χ2n) is 2.08. The molecule has 0 bridgehead atoms. The fourth-order valence-electron chi connectivity index (χ4n) is 0.560. The van der Waals surface area contributed by atoms with Gasteiger partial charge in [-0.3, -0.25) is 5.32 Å². The van der Waals surface area contributed by atoms with Crippen molar-refractivity contribution in [2.75, 3.05) is 0 Å². The van der Waals surface area contributed by atoms with Gasteiger partial charge in [0.1, 0.15) is 0 Å². The van der Waals surface area contributed by atoms with Gasteiger partial charge in [-0.15, -0.1) is 0 Å². The molecule has 0 saturated heterocycles. The van der Waals surface area contributed by atoms with Gasteiger partial charge in [-0.05, 0) is 6.92 Å². The Labute approximate surface area is 64.0 Å². The average molecular weight is 152 g/mol. The number of nitriles is 1. The first kappa shape index (κ1) is 7.69. The van der Waals surface area contributed by atoms with E-state index in [1.165, 1.54) is 6.39 Å². The molecule has 58 valence electrons. The summed E-state index contributed by atoms with van der Waals surface area (Å²) in [4.78, 5) is 3.77. The molecule has 0 amide bonds. The summed E-state index contributed by atoms with van der Waals surface area (Å²) < 4.78 is 4.50. The number of nitrogens with one attached hydrogen (secondary N) is 1. The maximum absolute atomic E-state index is 8.39. The SMILES string of the molecule is CC(C#N)NCc1ncon1. The molecule has 1 aromatic rings. The van der Waals surface area contributed by atoms with Crippen molar-refractivity contribution in [3.8, 4) is 6.07 Å². The largest absolute Gasteiger partial charge is 0.343 e. The molecule has 1 atom stereocenters. The Morgan fingerprint density at radius 3 is 3.27 bits per heavy atom. The number of hydrogen-bond acceptors (Lipinski definition) is 5. The quantitative estimate of drug-likeness (QED) is 0.663. The highest BCUT2D eigenvalue weighted by Crippen LogP contribution is 1.87. The fraction of sp³-hybridized carbons (Fsp3) is 0.500. The smallest absolute Gasteiger partial charge is 0.213 e. The molecule has 5 nitrogen and oxygen atoms in total. The number of hydrogen-bond donors (Lipinski definition) is 1. The van der Waals surface area contributed by atoms with E-state index in [9.17, 15) is 0 Å². The van der Waals surface area contributed by atoms with Crippen molar-refractivity contribution in [1.82, 2.24) is 15.5 Å². The summed E-state index contributed by atoms with van der Waals surface area (Å²) >= 11 is 0. The third-order valence-corrected chi connectivity index (χ3v) is 1.17. The summed E-state index contributed by atoms with van der Waals surface area (Å²) in [6, 6.07) is 1.84. The van der Waals surface area contributed by atoms with Gasteiger partial charge in [0, 0.05) is 0 Å². The summed E-state index contributed by atoms with van der Waals surface area (Å²) in [5.74, 6) is 0.562. The first-order valence-corrected chi connectivity index (χ1v) is 3.21. The molecule has 0 radical (unpaired) electrons. The third kappa shape index (κ3) is 2.35. The van der Waals surface area contributed by atoms with E-state index >= 15 is 0 Å². The Hall–Kier alpha value is -1.41. The molecule has 1 heterocycles. The number of nitrogens with zero attached hydrogens (tertiary/aromatic N) is 3. The van der Waals surface area contributed by atoms with Crippen molar-refractivity contribution in [1.29, 1.82) is 5.26 Å². The van der Waals surface area contributed by atoms with Crippen molar-refractivity contribution in [2.24, 2.45) is 0 Å². The highest BCUT2D eigenvalue weighted by Gasteiger charge is 2.00. The maximum Gasteiger partial charge on any atom is 0.213 e. The summed E-state index contributed by atoms with van der Waals surface area (Å²) in [6.07, 6.45) is 1.26. The molecule has 0 aliphatic heterocycles. The van der Waals surface area contributed by atoms with Crippen molar-refractivity contribution >= 4 is 0 Å². The van der Waals surface area contributed by atoms with Crippen LogP contribution in [0.25, 0.3) is 0 Å². The second kappa shape index (κ2) is 3.68. The summed E-state index contributed by atoms with van der Waals surface area (Å²) in [7, 11) is 0. The Morgan fingerprint density at radius 1 is 1.91 bits per heavy atom. The minimum atomic E-state index is -0.187. The van der Waals surface area contributed by atoms with Crippen LogP contribution in [-0.4, -0.2) is 16.2 Å². The lowest BCUT2D eigenvalue weighted by molar-refractivity contribution is 0.406. The van der Waals surface area contributed by atoms with Crippen LogP contribution in [0.15, 0.2) is 10.9 Å². The molecule has 0 fully saturated rings. The van der Waals surface area contributed by atoms with E-state index in [0.29, 0.717) is 12.4 Å². The van der Waals surface area contributed by atoms with E-state index in [-0.39, 0.29) is 6.04 Å². The minimum absolute atomic E-state index is 0.187. The summed E-state index contributed by atoms with van der Waals surface area (Å²) in [5.41, 5.74) is 0. The van der Waals surface area contributed by atoms with Gasteiger partial charge in [0.05, 0.1) is 18.7 Å². The zero-order chi connectivity index (χ0) is 8.10. The lowest BCUT2D eigenvalue weighted by Crippen LogP contribution is -2.23. The van der Waals surface area contributed by atoms with Crippen LogP contribution in [0, 0.1) is 11.3 Å². The van der Waals surface area contributed by atoms with E-state index in [2.05, 4.69) is 20.0 Å². The molecule has 1 N–H and O–H groups in total. The van der Waals surface area contributed by atoms with Gasteiger partial charge in [-0.1, -0.05) is 5.16 Å². The third-order valence-electron chi connectivity index (χ3n) is 1.17. The van der Waals surface area contributed by atoms with Crippen LogP contribution in [0.1, 0.15) is 12.7 Å². The van der Waals surface area contributed by atoms with Crippen molar-refractivity contribution in [3.63, 3.8) is 0 Å². The highest BCUT2D eigenvalue weighted by atomic mass is 16.5. The monoisotopic (exact) mass is 152 g/mol. The predicted octanol–water partition coefficient (Wildman–Crippen LogP) is 0.0713. The standard InChI is InChI=1S/C6H8N4O/c1-5(2-7)8-3-6-9-4-11-10-6/h4-5,8H,3H2,1H3. The van der Waals surface area contributed by atoms with Crippen molar-refractivity contribution < 1.29 is 4.52 Å². The average Bonchev–Trinajstić information content (AvgIpc) is 2.52. The second-order valence-corrected chi connectivity index (χ2v) is 2.08. The van der Waals surface area contributed by atoms with Crippen LogP contribution in [-0.2, 0) is 6.54 Å². The topological polar surface area (TPSA) is 74.7 Å². The maximum atomic E-state index is 8.39. The van der Waals surface area contributed by atoms with Crippen LogP contribution >= 0.6 is 0 Å². The van der Waals surface area contributed by atoms with E-state index in [1.54, 1.807) is 6.92 Å². The lowest BCUT2D eigenvalue weighted by atomic mass is 10.4. The van der Waals surface area contributed by atoms with Crippen molar-refractivity contribution in [3.05, 3.63) is 12.2 Å². The van der Waals surface area contributed by atoms with E-state index in [0.717, 1.165) is 0 Å². The van der Waals surface area contributed by atoms with Crippen molar-refractivity contribution in [2.45, 2.75) is 19.5 Å². The van der Waals surface area contributed by atoms with Gasteiger partial charge in [0.2, 0.25) is 6.39 Å². The van der Waals surface area contributed by atoms with E-state index in [4.69, 9.17) is 5.26 Å². The Bertz CT molecular complexity index is 238. The van der Waals surface area contributed by atoms with Gasteiger partial charge in [-0.2, -0.15) is 10.2 Å². The Kier molecular flexibility index (Phi) is 2.58. The zero-order valence-corrected chi connectivity index (χ0v) is 6.11. The molecule has 1 aromatic heterocycles. The molecule has 1 rings (SSSR count). The lowest BCUT2D eigenvalue weighted by Gasteiger charge is -2.00. The van der Waals surface area contributed by atoms with Gasteiger partial charge in [-0.25, -0.2) is 0 Å². The molecular weight excluding hydrogens is 144 g/mol. The Balaban J connectivity index is 2.30. The molecule has 0 saturated carbocycles. The molecule has 11 heavy (non-hydrogen) atoms. The van der Waals surface area contributed by atoms with Crippen LogP contribution in [0.5, 0.6) is 0 Å². The zero-order valence-electron chi connectivity index (χ0n) is 6.11. The molecule has 1 unspecified atom stereocenters. The molecule has 0 spiro atoms. The predicted molar refractivity (Wildman–Crippen MR) is 36.2 cm³/mol. The number of aromatic nitrogens is 2. The first-order valence-electron chi connectivity index (χ1n) is 3.21. The summed E-state index contributed by atoms with van der Waals surface area (Å²) in [6.45, 7) is 2.23. The first-order chi connectivity index (χ1) is 5.33. The van der Waals surface area contributed by atoms with Gasteiger partial charge < -0.3 is 4.52 Å². The van der Waals surface area contributed by atoms with Crippen LogP contribution < -0.4 is 5.32 Å². The molecule has 0 aliphatic carbocycles. The van der Waals surface area contributed by atoms with Crippen LogP contribution in [0.4, 0.5) is 0 Å². The Morgan fingerprint density at radius 2 is 2.73 bits per heavy atom. The van der Waals surface area contributed by atoms with Crippen LogP contribution in [0.2, 0.25) is 0 Å². The summed E-state index contributed by atoms with van der Waals surface area (Å²) in [5, 5.41) is 14.8. The van der Waals surface area contributed by atoms with Crippen LogP contribution in [0.3, 0.4) is 0 Å². The van der Waals surface area contributed by atoms with E-state index < -0.39 is 0 Å². The molecule has 0 aromatic carbocycles.